The fourth-order valence-electron chi connectivity index (χ4n) is 2.21. The molecular weight excluding hydrogens is 208 g/mol. The fraction of sp³-hybridized carbons (Fsp3) is 0.833. The molecule has 4 nitrogen and oxygen atoms in total. The maximum atomic E-state index is 11.8. The quantitative estimate of drug-likeness (QED) is 0.740. The molecule has 0 aliphatic heterocycles. The minimum Gasteiger partial charge on any atom is -0.464 e. The van der Waals surface area contributed by atoms with Gasteiger partial charge in [0.15, 0.2) is 5.60 Å². The van der Waals surface area contributed by atoms with Gasteiger partial charge < -0.3 is 9.84 Å². The average molecular weight is 228 g/mol. The van der Waals surface area contributed by atoms with Gasteiger partial charge in [0.1, 0.15) is 5.78 Å². The van der Waals surface area contributed by atoms with E-state index in [0.717, 1.165) is 6.42 Å². The summed E-state index contributed by atoms with van der Waals surface area (Å²) in [4.78, 5) is 23.4. The van der Waals surface area contributed by atoms with E-state index < -0.39 is 17.5 Å². The topological polar surface area (TPSA) is 63.6 Å². The number of hydrogen-bond donors (Lipinski definition) is 1. The molecule has 3 atom stereocenters. The highest BCUT2D eigenvalue weighted by molar-refractivity contribution is 5.91. The standard InChI is InChI=1S/C12H20O4/c1-4-16-11(14)12(3,15)9-6-5-8(2)7-10(9)13/h8-9,15H,4-7H2,1-3H3/t8-,9-,12-/m1/s1. The molecule has 0 aromatic carbocycles. The Morgan fingerprint density at radius 1 is 1.56 bits per heavy atom. The number of ketones is 1. The van der Waals surface area contributed by atoms with Crippen LogP contribution in [0.3, 0.4) is 0 Å². The Labute approximate surface area is 96.0 Å². The average Bonchev–Trinajstić information content (AvgIpc) is 2.17. The number of carbonyl (C=O) groups is 2. The molecule has 0 aromatic heterocycles. The summed E-state index contributed by atoms with van der Waals surface area (Å²) in [5.74, 6) is -0.982. The van der Waals surface area contributed by atoms with Gasteiger partial charge in [-0.2, -0.15) is 0 Å². The molecule has 0 radical (unpaired) electrons. The van der Waals surface area contributed by atoms with Crippen molar-refractivity contribution in [3.8, 4) is 0 Å². The minimum absolute atomic E-state index is 0.0307. The van der Waals surface area contributed by atoms with Gasteiger partial charge in [0.05, 0.1) is 12.5 Å². The van der Waals surface area contributed by atoms with Crippen LogP contribution in [0.15, 0.2) is 0 Å². The highest BCUT2D eigenvalue weighted by Gasteiger charge is 2.46. The number of Topliss-reactive ketones (excluding diaryl/α,β-unsaturated/α-hetero) is 1. The van der Waals surface area contributed by atoms with Crippen molar-refractivity contribution < 1.29 is 19.4 Å². The predicted octanol–water partition coefficient (Wildman–Crippen LogP) is 1.31. The highest BCUT2D eigenvalue weighted by Crippen LogP contribution is 2.33. The Morgan fingerprint density at radius 2 is 2.19 bits per heavy atom. The maximum Gasteiger partial charge on any atom is 0.338 e. The van der Waals surface area contributed by atoms with Gasteiger partial charge in [-0.15, -0.1) is 0 Å². The van der Waals surface area contributed by atoms with Crippen LogP contribution in [0.2, 0.25) is 0 Å². The van der Waals surface area contributed by atoms with Crippen molar-refractivity contribution in [2.24, 2.45) is 11.8 Å². The normalized spacial score (nSPS) is 29.6. The van der Waals surface area contributed by atoms with E-state index in [1.165, 1.54) is 6.92 Å². The molecule has 1 aliphatic carbocycles. The molecular formula is C12H20O4. The second-order valence-corrected chi connectivity index (χ2v) is 4.77. The Balaban J connectivity index is 2.75. The summed E-state index contributed by atoms with van der Waals surface area (Å²) in [5.41, 5.74) is -1.67. The summed E-state index contributed by atoms with van der Waals surface area (Å²) >= 11 is 0. The summed E-state index contributed by atoms with van der Waals surface area (Å²) in [5, 5.41) is 10.1. The van der Waals surface area contributed by atoms with Crippen LogP contribution in [-0.4, -0.2) is 29.1 Å². The first kappa shape index (κ1) is 13.2. The molecule has 92 valence electrons. The van der Waals surface area contributed by atoms with Gasteiger partial charge in [-0.05, 0) is 32.6 Å². The van der Waals surface area contributed by atoms with Gasteiger partial charge in [0.2, 0.25) is 0 Å². The second-order valence-electron chi connectivity index (χ2n) is 4.77. The molecule has 1 saturated carbocycles. The van der Waals surface area contributed by atoms with Crippen LogP contribution in [0.1, 0.15) is 40.0 Å². The van der Waals surface area contributed by atoms with Crippen molar-refractivity contribution >= 4 is 11.8 Å². The second kappa shape index (κ2) is 4.95. The molecule has 0 unspecified atom stereocenters. The third-order valence-corrected chi connectivity index (χ3v) is 3.25. The Bertz CT molecular complexity index is 283. The Kier molecular flexibility index (Phi) is 4.08. The van der Waals surface area contributed by atoms with Gasteiger partial charge in [0, 0.05) is 6.42 Å². The van der Waals surface area contributed by atoms with E-state index in [0.29, 0.717) is 18.8 Å². The van der Waals surface area contributed by atoms with Crippen molar-refractivity contribution in [1.82, 2.24) is 0 Å². The van der Waals surface area contributed by atoms with Crippen LogP contribution in [0.4, 0.5) is 0 Å². The van der Waals surface area contributed by atoms with Crippen molar-refractivity contribution in [1.29, 1.82) is 0 Å². The van der Waals surface area contributed by atoms with Crippen molar-refractivity contribution in [3.05, 3.63) is 0 Å². The van der Waals surface area contributed by atoms with Gasteiger partial charge in [-0.3, -0.25) is 4.79 Å². The number of esters is 1. The van der Waals surface area contributed by atoms with Crippen molar-refractivity contribution in [3.63, 3.8) is 0 Å². The molecule has 1 fully saturated rings. The summed E-state index contributed by atoms with van der Waals surface area (Å²) in [6.07, 6.45) is 1.87. The van der Waals surface area contributed by atoms with Gasteiger partial charge in [-0.1, -0.05) is 6.92 Å². The lowest BCUT2D eigenvalue weighted by Crippen LogP contribution is -2.49. The molecule has 0 bridgehead atoms. The first-order valence-electron chi connectivity index (χ1n) is 5.81. The third kappa shape index (κ3) is 2.61. The van der Waals surface area contributed by atoms with E-state index in [9.17, 15) is 14.7 Å². The van der Waals surface area contributed by atoms with E-state index in [-0.39, 0.29) is 12.4 Å². The molecule has 1 N–H and O–H groups in total. The minimum atomic E-state index is -1.67. The first-order valence-corrected chi connectivity index (χ1v) is 5.81. The number of ether oxygens (including phenoxy) is 1. The molecule has 0 saturated heterocycles. The van der Waals surface area contributed by atoms with Gasteiger partial charge in [0.25, 0.3) is 0 Å². The van der Waals surface area contributed by atoms with Gasteiger partial charge in [-0.25, -0.2) is 4.79 Å². The Hall–Kier alpha value is -0.900. The summed E-state index contributed by atoms with van der Waals surface area (Å²) in [6, 6.07) is 0. The fourth-order valence-corrected chi connectivity index (χ4v) is 2.21. The molecule has 4 heteroatoms. The first-order chi connectivity index (χ1) is 7.39. The summed E-state index contributed by atoms with van der Waals surface area (Å²) in [7, 11) is 0. The van der Waals surface area contributed by atoms with Crippen molar-refractivity contribution in [2.75, 3.05) is 6.61 Å². The lowest BCUT2D eigenvalue weighted by atomic mass is 9.74. The number of aliphatic hydroxyl groups is 1. The molecule has 0 aromatic rings. The van der Waals surface area contributed by atoms with Crippen LogP contribution in [0.25, 0.3) is 0 Å². The SMILES string of the molecule is CCOC(=O)[C@](C)(O)[C@@H]1CC[C@@H](C)CC1=O. The molecule has 0 spiro atoms. The molecule has 1 aliphatic rings. The number of hydrogen-bond acceptors (Lipinski definition) is 4. The highest BCUT2D eigenvalue weighted by atomic mass is 16.5. The van der Waals surface area contributed by atoms with Crippen LogP contribution >= 0.6 is 0 Å². The van der Waals surface area contributed by atoms with Crippen LogP contribution in [-0.2, 0) is 14.3 Å². The van der Waals surface area contributed by atoms with E-state index in [1.807, 2.05) is 6.92 Å². The maximum absolute atomic E-state index is 11.8. The zero-order valence-corrected chi connectivity index (χ0v) is 10.2. The van der Waals surface area contributed by atoms with Crippen LogP contribution in [0, 0.1) is 11.8 Å². The lowest BCUT2D eigenvalue weighted by molar-refractivity contribution is -0.173. The van der Waals surface area contributed by atoms with Crippen LogP contribution in [0.5, 0.6) is 0 Å². The molecule has 1 rings (SSSR count). The van der Waals surface area contributed by atoms with E-state index in [4.69, 9.17) is 4.74 Å². The third-order valence-electron chi connectivity index (χ3n) is 3.25. The zero-order chi connectivity index (χ0) is 12.3. The summed E-state index contributed by atoms with van der Waals surface area (Å²) in [6.45, 7) is 5.28. The monoisotopic (exact) mass is 228 g/mol. The Morgan fingerprint density at radius 3 is 2.69 bits per heavy atom. The lowest BCUT2D eigenvalue weighted by Gasteiger charge is -2.34. The zero-order valence-electron chi connectivity index (χ0n) is 10.2. The van der Waals surface area contributed by atoms with E-state index in [2.05, 4.69) is 0 Å². The van der Waals surface area contributed by atoms with E-state index >= 15 is 0 Å². The smallest absolute Gasteiger partial charge is 0.338 e. The summed E-state index contributed by atoms with van der Waals surface area (Å²) < 4.78 is 4.79. The van der Waals surface area contributed by atoms with Gasteiger partial charge >= 0.3 is 5.97 Å². The molecule has 16 heavy (non-hydrogen) atoms. The molecule has 0 amide bonds. The largest absolute Gasteiger partial charge is 0.464 e. The number of rotatable bonds is 3. The van der Waals surface area contributed by atoms with E-state index in [1.54, 1.807) is 6.92 Å². The van der Waals surface area contributed by atoms with Crippen molar-refractivity contribution in [2.45, 2.75) is 45.6 Å². The van der Waals surface area contributed by atoms with Crippen LogP contribution < -0.4 is 0 Å². The number of carbonyl (C=O) groups excluding carboxylic acids is 2. The molecule has 0 heterocycles. The predicted molar refractivity (Wildman–Crippen MR) is 58.8 cm³/mol.